The average Bonchev–Trinajstić information content (AvgIpc) is 3.35. The Kier molecular flexibility index (Phi) is 7.02. The third-order valence-corrected chi connectivity index (χ3v) is 6.93. The van der Waals surface area contributed by atoms with Crippen molar-refractivity contribution in [3.05, 3.63) is 48.2 Å². The molecule has 0 saturated carbocycles. The number of aromatic nitrogens is 2. The molecule has 0 radical (unpaired) electrons. The molecule has 2 aliphatic rings. The number of likely N-dealkylation sites (tertiary alicyclic amines) is 1. The summed E-state index contributed by atoms with van der Waals surface area (Å²) >= 11 is 0. The number of hydrogen-bond donors (Lipinski definition) is 1. The van der Waals surface area contributed by atoms with E-state index >= 15 is 0 Å². The minimum Gasteiger partial charge on any atom is -0.354 e. The topological polar surface area (TPSA) is 78.4 Å². The van der Waals surface area contributed by atoms with Gasteiger partial charge in [0.2, 0.25) is 11.8 Å². The summed E-state index contributed by atoms with van der Waals surface area (Å²) in [6.07, 6.45) is 5.35. The molecule has 2 amide bonds. The summed E-state index contributed by atoms with van der Waals surface area (Å²) in [6, 6.07) is 12.0. The van der Waals surface area contributed by atoms with Gasteiger partial charge in [0, 0.05) is 44.0 Å². The van der Waals surface area contributed by atoms with E-state index in [0.29, 0.717) is 12.5 Å². The number of benzene rings is 1. The largest absolute Gasteiger partial charge is 0.354 e. The molecule has 2 saturated heterocycles. The molecular formula is C25H33N5O2. The van der Waals surface area contributed by atoms with Gasteiger partial charge in [0.1, 0.15) is 0 Å². The lowest BCUT2D eigenvalue weighted by Gasteiger charge is -2.33. The summed E-state index contributed by atoms with van der Waals surface area (Å²) in [5, 5.41) is 11.1. The van der Waals surface area contributed by atoms with Gasteiger partial charge in [-0.25, -0.2) is 0 Å². The van der Waals surface area contributed by atoms with Gasteiger partial charge in [-0.05, 0) is 61.4 Å². The molecule has 3 heterocycles. The molecule has 1 aromatic carbocycles. The van der Waals surface area contributed by atoms with Gasteiger partial charge in [0.15, 0.2) is 5.82 Å². The highest BCUT2D eigenvalue weighted by atomic mass is 16.2. The lowest BCUT2D eigenvalue weighted by atomic mass is 9.89. The fourth-order valence-electron chi connectivity index (χ4n) is 4.65. The molecule has 7 nitrogen and oxygen atoms in total. The number of anilines is 2. The molecule has 2 atom stereocenters. The zero-order valence-corrected chi connectivity index (χ0v) is 19.0. The summed E-state index contributed by atoms with van der Waals surface area (Å²) in [6.45, 7) is 7.22. The van der Waals surface area contributed by atoms with Crippen LogP contribution in [-0.4, -0.2) is 53.1 Å². The van der Waals surface area contributed by atoms with Crippen molar-refractivity contribution in [3.8, 4) is 0 Å². The highest BCUT2D eigenvalue weighted by Gasteiger charge is 2.29. The first-order chi connectivity index (χ1) is 15.5. The minimum absolute atomic E-state index is 0.0518. The summed E-state index contributed by atoms with van der Waals surface area (Å²) in [4.78, 5) is 29.3. The van der Waals surface area contributed by atoms with Crippen LogP contribution in [0.5, 0.6) is 0 Å². The molecule has 1 aromatic heterocycles. The van der Waals surface area contributed by atoms with Crippen LogP contribution in [0.4, 0.5) is 11.5 Å². The van der Waals surface area contributed by atoms with Crippen LogP contribution in [0.3, 0.4) is 0 Å². The second kappa shape index (κ2) is 10.1. The molecule has 1 N–H and O–H groups in total. The summed E-state index contributed by atoms with van der Waals surface area (Å²) < 4.78 is 0. The maximum atomic E-state index is 12.7. The Labute approximate surface area is 190 Å². The van der Waals surface area contributed by atoms with E-state index in [1.165, 1.54) is 5.56 Å². The number of piperidine rings is 1. The van der Waals surface area contributed by atoms with Gasteiger partial charge in [-0.15, -0.1) is 5.10 Å². The first-order valence-corrected chi connectivity index (χ1v) is 11.8. The van der Waals surface area contributed by atoms with Gasteiger partial charge in [-0.3, -0.25) is 9.59 Å². The van der Waals surface area contributed by atoms with Gasteiger partial charge < -0.3 is 15.1 Å². The lowest BCUT2D eigenvalue weighted by molar-refractivity contribution is -0.136. The van der Waals surface area contributed by atoms with Crippen molar-refractivity contribution in [2.75, 3.05) is 36.4 Å². The smallest absolute Gasteiger partial charge is 0.229 e. The fourth-order valence-corrected chi connectivity index (χ4v) is 4.65. The van der Waals surface area contributed by atoms with E-state index in [0.717, 1.165) is 56.8 Å². The summed E-state index contributed by atoms with van der Waals surface area (Å²) in [7, 11) is 0. The third kappa shape index (κ3) is 5.09. The molecule has 0 bridgehead atoms. The standard InChI is InChI=1S/C25H33N5O2/c1-3-18(2)25(32)29-14-10-20(11-15-29)19-6-8-22(9-7-19)27-24(31)21-12-16-30(17-21)23-5-4-13-26-28-23/h4-9,13,18,20-21H,3,10-12,14-17H2,1-2H3,(H,27,31)/t18?,21-/m0/s1. The first-order valence-electron chi connectivity index (χ1n) is 11.8. The van der Waals surface area contributed by atoms with Crippen LogP contribution in [0.1, 0.15) is 51.0 Å². The van der Waals surface area contributed by atoms with E-state index in [4.69, 9.17) is 0 Å². The number of carbonyl (C=O) groups is 2. The summed E-state index contributed by atoms with van der Waals surface area (Å²) in [5.74, 6) is 1.70. The van der Waals surface area contributed by atoms with Crippen LogP contribution < -0.4 is 10.2 Å². The Morgan fingerprint density at radius 2 is 1.84 bits per heavy atom. The van der Waals surface area contributed by atoms with Crippen molar-refractivity contribution >= 4 is 23.3 Å². The number of carbonyl (C=O) groups excluding carboxylic acids is 2. The van der Waals surface area contributed by atoms with E-state index in [1.807, 2.05) is 36.1 Å². The Hall–Kier alpha value is -2.96. The van der Waals surface area contributed by atoms with Gasteiger partial charge in [-0.2, -0.15) is 5.10 Å². The maximum Gasteiger partial charge on any atom is 0.229 e. The van der Waals surface area contributed by atoms with Crippen molar-refractivity contribution in [1.29, 1.82) is 0 Å². The van der Waals surface area contributed by atoms with Gasteiger partial charge in [0.05, 0.1) is 5.92 Å². The van der Waals surface area contributed by atoms with Gasteiger partial charge in [0.25, 0.3) is 0 Å². The minimum atomic E-state index is -0.0518. The van der Waals surface area contributed by atoms with Crippen LogP contribution >= 0.6 is 0 Å². The Morgan fingerprint density at radius 3 is 2.50 bits per heavy atom. The normalized spacial score (nSPS) is 20.2. The number of rotatable bonds is 6. The van der Waals surface area contributed by atoms with Gasteiger partial charge in [-0.1, -0.05) is 26.0 Å². The number of hydrogen-bond acceptors (Lipinski definition) is 5. The zero-order chi connectivity index (χ0) is 22.5. The van der Waals surface area contributed by atoms with E-state index in [2.05, 4.69) is 39.5 Å². The number of nitrogens with zero attached hydrogens (tertiary/aromatic N) is 4. The monoisotopic (exact) mass is 435 g/mol. The summed E-state index contributed by atoms with van der Waals surface area (Å²) in [5.41, 5.74) is 2.12. The quantitative estimate of drug-likeness (QED) is 0.749. The molecule has 1 unspecified atom stereocenters. The highest BCUT2D eigenvalue weighted by molar-refractivity contribution is 5.93. The second-order valence-corrected chi connectivity index (χ2v) is 9.03. The predicted molar refractivity (Wildman–Crippen MR) is 125 cm³/mol. The Balaban J connectivity index is 1.27. The van der Waals surface area contributed by atoms with Crippen LogP contribution in [0.25, 0.3) is 0 Å². The fraction of sp³-hybridized carbons (Fsp3) is 0.520. The van der Waals surface area contributed by atoms with E-state index in [-0.39, 0.29) is 23.7 Å². The van der Waals surface area contributed by atoms with Crippen molar-refractivity contribution in [2.45, 2.75) is 45.4 Å². The predicted octanol–water partition coefficient (Wildman–Crippen LogP) is 3.69. The zero-order valence-electron chi connectivity index (χ0n) is 19.0. The van der Waals surface area contributed by atoms with Crippen LogP contribution in [-0.2, 0) is 9.59 Å². The van der Waals surface area contributed by atoms with E-state index in [9.17, 15) is 9.59 Å². The number of amides is 2. The Bertz CT molecular complexity index is 910. The average molecular weight is 436 g/mol. The van der Waals surface area contributed by atoms with E-state index < -0.39 is 0 Å². The van der Waals surface area contributed by atoms with Crippen molar-refractivity contribution in [2.24, 2.45) is 11.8 Å². The molecule has 2 fully saturated rings. The molecule has 32 heavy (non-hydrogen) atoms. The number of nitrogens with one attached hydrogen (secondary N) is 1. The molecule has 2 aliphatic heterocycles. The molecule has 7 heteroatoms. The van der Waals surface area contributed by atoms with Crippen molar-refractivity contribution in [1.82, 2.24) is 15.1 Å². The van der Waals surface area contributed by atoms with Crippen LogP contribution in [0.15, 0.2) is 42.6 Å². The molecule has 0 spiro atoms. The molecular weight excluding hydrogens is 402 g/mol. The first kappa shape index (κ1) is 22.2. The highest BCUT2D eigenvalue weighted by Crippen LogP contribution is 2.30. The van der Waals surface area contributed by atoms with E-state index in [1.54, 1.807) is 6.20 Å². The third-order valence-electron chi connectivity index (χ3n) is 6.93. The maximum absolute atomic E-state index is 12.7. The molecule has 170 valence electrons. The molecule has 4 rings (SSSR count). The van der Waals surface area contributed by atoms with Crippen molar-refractivity contribution in [3.63, 3.8) is 0 Å². The Morgan fingerprint density at radius 1 is 1.09 bits per heavy atom. The molecule has 0 aliphatic carbocycles. The lowest BCUT2D eigenvalue weighted by Crippen LogP contribution is -2.40. The van der Waals surface area contributed by atoms with Gasteiger partial charge >= 0.3 is 0 Å². The van der Waals surface area contributed by atoms with Crippen LogP contribution in [0.2, 0.25) is 0 Å². The molecule has 2 aromatic rings. The van der Waals surface area contributed by atoms with Crippen LogP contribution in [0, 0.1) is 11.8 Å². The SMILES string of the molecule is CCC(C)C(=O)N1CCC(c2ccc(NC(=O)[C@H]3CCN(c4cccnn4)C3)cc2)CC1. The van der Waals surface area contributed by atoms with Crippen molar-refractivity contribution < 1.29 is 9.59 Å². The second-order valence-electron chi connectivity index (χ2n) is 9.03.